The van der Waals surface area contributed by atoms with Gasteiger partial charge in [0.1, 0.15) is 17.2 Å². The second kappa shape index (κ2) is 4.91. The molecule has 2 heterocycles. The third-order valence-electron chi connectivity index (χ3n) is 4.23. The molecule has 0 unspecified atom stereocenters. The van der Waals surface area contributed by atoms with E-state index in [9.17, 15) is 0 Å². The van der Waals surface area contributed by atoms with Gasteiger partial charge in [0, 0.05) is 23.9 Å². The monoisotopic (exact) mass is 292 g/mol. The van der Waals surface area contributed by atoms with Crippen molar-refractivity contribution in [3.8, 4) is 11.5 Å². The van der Waals surface area contributed by atoms with Crippen molar-refractivity contribution in [1.82, 2.24) is 4.57 Å². The van der Waals surface area contributed by atoms with Crippen LogP contribution in [0, 0.1) is 6.92 Å². The molecule has 1 aliphatic rings. The van der Waals surface area contributed by atoms with E-state index in [1.54, 1.807) is 0 Å². The molecule has 0 radical (unpaired) electrons. The zero-order valence-electron chi connectivity index (χ0n) is 12.3. The zero-order chi connectivity index (χ0) is 15.1. The van der Waals surface area contributed by atoms with E-state index in [4.69, 9.17) is 9.94 Å². The maximum Gasteiger partial charge on any atom is 0.128 e. The van der Waals surface area contributed by atoms with Crippen molar-refractivity contribution < 1.29 is 9.94 Å². The van der Waals surface area contributed by atoms with Crippen LogP contribution in [-0.2, 0) is 6.54 Å². The molecule has 0 atom stereocenters. The summed E-state index contributed by atoms with van der Waals surface area (Å²) < 4.78 is 8.12. The lowest BCUT2D eigenvalue weighted by atomic mass is 10.1. The van der Waals surface area contributed by atoms with Crippen LogP contribution in [0.1, 0.15) is 17.7 Å². The molecule has 110 valence electrons. The molecular formula is C18H16N2O2. The average Bonchev–Trinajstić information content (AvgIpc) is 3.09. The summed E-state index contributed by atoms with van der Waals surface area (Å²) >= 11 is 0. The zero-order valence-corrected chi connectivity index (χ0v) is 12.3. The Balaban J connectivity index is 1.81. The lowest BCUT2D eigenvalue weighted by Crippen LogP contribution is -1.96. The summed E-state index contributed by atoms with van der Waals surface area (Å²) in [6.07, 6.45) is 0.783. The van der Waals surface area contributed by atoms with Crippen LogP contribution in [0.15, 0.2) is 53.7 Å². The van der Waals surface area contributed by atoms with Crippen LogP contribution in [0.3, 0.4) is 0 Å². The molecule has 1 aromatic heterocycles. The molecule has 1 aliphatic heterocycles. The van der Waals surface area contributed by atoms with Crippen molar-refractivity contribution in [2.75, 3.05) is 0 Å². The Kier molecular flexibility index (Phi) is 2.89. The van der Waals surface area contributed by atoms with Crippen LogP contribution in [0.5, 0.6) is 11.5 Å². The fourth-order valence-corrected chi connectivity index (χ4v) is 3.23. The number of hydrogen-bond acceptors (Lipinski definition) is 3. The molecule has 4 heteroatoms. The first-order valence-electron chi connectivity index (χ1n) is 7.35. The van der Waals surface area contributed by atoms with Gasteiger partial charge in [-0.2, -0.15) is 0 Å². The van der Waals surface area contributed by atoms with Crippen LogP contribution in [0.4, 0.5) is 0 Å². The number of oxime groups is 1. The molecule has 4 rings (SSSR count). The minimum atomic E-state index is 0.763. The molecule has 3 aromatic rings. The van der Waals surface area contributed by atoms with Crippen molar-refractivity contribution in [3.05, 3.63) is 59.8 Å². The molecule has 0 amide bonds. The van der Waals surface area contributed by atoms with E-state index in [1.807, 2.05) is 36.4 Å². The molecule has 4 nitrogen and oxygen atoms in total. The molecule has 0 aliphatic carbocycles. The van der Waals surface area contributed by atoms with Crippen LogP contribution >= 0.6 is 0 Å². The smallest absolute Gasteiger partial charge is 0.128 e. The second-order valence-corrected chi connectivity index (χ2v) is 5.52. The van der Waals surface area contributed by atoms with E-state index in [2.05, 4.69) is 28.8 Å². The van der Waals surface area contributed by atoms with Crippen LogP contribution in [0.2, 0.25) is 0 Å². The average molecular weight is 292 g/mol. The molecule has 0 fully saturated rings. The first-order valence-corrected chi connectivity index (χ1v) is 7.35. The van der Waals surface area contributed by atoms with Gasteiger partial charge in [0.25, 0.3) is 0 Å². The number of ether oxygens (including phenoxy) is 1. The second-order valence-electron chi connectivity index (χ2n) is 5.52. The van der Waals surface area contributed by atoms with Gasteiger partial charge in [-0.3, -0.25) is 0 Å². The van der Waals surface area contributed by atoms with Gasteiger partial charge in [-0.1, -0.05) is 23.4 Å². The number of hydrogen-bond donors (Lipinski definition) is 1. The Labute approximate surface area is 128 Å². The van der Waals surface area contributed by atoms with Crippen molar-refractivity contribution >= 4 is 16.6 Å². The van der Waals surface area contributed by atoms with Gasteiger partial charge >= 0.3 is 0 Å². The predicted octanol–water partition coefficient (Wildman–Crippen LogP) is 4.32. The van der Waals surface area contributed by atoms with Crippen LogP contribution in [0.25, 0.3) is 10.9 Å². The van der Waals surface area contributed by atoms with Crippen molar-refractivity contribution in [2.45, 2.75) is 19.9 Å². The first-order chi connectivity index (χ1) is 10.8. The van der Waals surface area contributed by atoms with Crippen molar-refractivity contribution in [3.63, 3.8) is 0 Å². The molecule has 0 spiro atoms. The summed E-state index contributed by atoms with van der Waals surface area (Å²) in [6.45, 7) is 2.93. The lowest BCUT2D eigenvalue weighted by molar-refractivity contribution is 0.318. The molecular weight excluding hydrogens is 276 g/mol. The van der Waals surface area contributed by atoms with Gasteiger partial charge in [-0.15, -0.1) is 0 Å². The normalized spacial score (nSPS) is 15.4. The number of benzene rings is 2. The Morgan fingerprint density at radius 2 is 1.91 bits per heavy atom. The molecule has 0 bridgehead atoms. The van der Waals surface area contributed by atoms with Gasteiger partial charge in [0.15, 0.2) is 0 Å². The summed E-state index contributed by atoms with van der Waals surface area (Å²) in [6, 6.07) is 15.9. The molecule has 0 saturated carbocycles. The van der Waals surface area contributed by atoms with Gasteiger partial charge < -0.3 is 14.5 Å². The van der Waals surface area contributed by atoms with Crippen LogP contribution in [-0.4, -0.2) is 15.5 Å². The fourth-order valence-electron chi connectivity index (χ4n) is 3.23. The molecule has 2 aromatic carbocycles. The largest absolute Gasteiger partial charge is 0.457 e. The maximum absolute atomic E-state index is 9.16. The van der Waals surface area contributed by atoms with Gasteiger partial charge in [-0.25, -0.2) is 0 Å². The van der Waals surface area contributed by atoms with E-state index in [0.717, 1.165) is 52.3 Å². The third kappa shape index (κ3) is 1.88. The van der Waals surface area contributed by atoms with Crippen LogP contribution < -0.4 is 4.74 Å². The van der Waals surface area contributed by atoms with Gasteiger partial charge in [0.05, 0.1) is 5.69 Å². The SMILES string of the molecule is Cc1c2n(c3ccc(Oc4ccccc4)cc13)CC/C2=N\O. The standard InChI is InChI=1S/C18H16N2O2/c1-12-15-11-14(22-13-5-3-2-4-6-13)7-8-17(15)20-10-9-16(19-21)18(12)20/h2-8,11,21H,9-10H2,1H3/b19-16+. The van der Waals surface area contributed by atoms with Crippen molar-refractivity contribution in [2.24, 2.45) is 5.16 Å². The van der Waals surface area contributed by atoms with E-state index in [0.29, 0.717) is 0 Å². The number of nitrogens with zero attached hydrogens (tertiary/aromatic N) is 2. The van der Waals surface area contributed by atoms with E-state index in [1.165, 1.54) is 0 Å². The Bertz CT molecular complexity index is 879. The molecule has 0 saturated heterocycles. The minimum absolute atomic E-state index is 0.763. The summed E-state index contributed by atoms with van der Waals surface area (Å²) in [5, 5.41) is 13.7. The van der Waals surface area contributed by atoms with Crippen molar-refractivity contribution in [1.29, 1.82) is 0 Å². The summed E-state index contributed by atoms with van der Waals surface area (Å²) in [5.74, 6) is 1.64. The van der Waals surface area contributed by atoms with E-state index in [-0.39, 0.29) is 0 Å². The van der Waals surface area contributed by atoms with E-state index < -0.39 is 0 Å². The highest BCUT2D eigenvalue weighted by molar-refractivity contribution is 6.07. The highest BCUT2D eigenvalue weighted by atomic mass is 16.5. The Morgan fingerprint density at radius 3 is 2.68 bits per heavy atom. The molecule has 1 N–H and O–H groups in total. The quantitative estimate of drug-likeness (QED) is 0.564. The fraction of sp³-hybridized carbons (Fsp3) is 0.167. The Hall–Kier alpha value is -2.75. The molecule has 22 heavy (non-hydrogen) atoms. The maximum atomic E-state index is 9.16. The number of aryl methyl sites for hydroxylation is 2. The number of fused-ring (bicyclic) bond motifs is 3. The third-order valence-corrected chi connectivity index (χ3v) is 4.23. The summed E-state index contributed by atoms with van der Waals surface area (Å²) in [7, 11) is 0. The predicted molar refractivity (Wildman–Crippen MR) is 86.1 cm³/mol. The van der Waals surface area contributed by atoms with E-state index >= 15 is 0 Å². The number of aromatic nitrogens is 1. The lowest BCUT2D eigenvalue weighted by Gasteiger charge is -2.06. The topological polar surface area (TPSA) is 46.8 Å². The highest BCUT2D eigenvalue weighted by Gasteiger charge is 2.24. The summed E-state index contributed by atoms with van der Waals surface area (Å²) in [4.78, 5) is 0. The summed E-state index contributed by atoms with van der Waals surface area (Å²) in [5.41, 5.74) is 4.10. The Morgan fingerprint density at radius 1 is 1.09 bits per heavy atom. The first kappa shape index (κ1) is 13.0. The van der Waals surface area contributed by atoms with Gasteiger partial charge in [-0.05, 0) is 42.8 Å². The number of para-hydroxylation sites is 1. The van der Waals surface area contributed by atoms with Gasteiger partial charge in [0.2, 0.25) is 0 Å². The number of rotatable bonds is 2. The minimum Gasteiger partial charge on any atom is -0.457 e. The highest BCUT2D eigenvalue weighted by Crippen LogP contribution is 2.34.